The van der Waals surface area contributed by atoms with Crippen molar-refractivity contribution in [2.24, 2.45) is 0 Å². The molecule has 0 amide bonds. The number of rotatable bonds is 7. The van der Waals surface area contributed by atoms with E-state index in [0.717, 1.165) is 18.4 Å². The topological polar surface area (TPSA) is 35.5 Å². The van der Waals surface area contributed by atoms with Crippen molar-refractivity contribution in [3.63, 3.8) is 0 Å². The minimum absolute atomic E-state index is 0.355. The summed E-state index contributed by atoms with van der Waals surface area (Å²) >= 11 is 0. The molecule has 0 unspecified atom stereocenters. The largest absolute Gasteiger partial charge is 0.513 e. The third-order valence-corrected chi connectivity index (χ3v) is 3.52. The first-order valence-electron chi connectivity index (χ1n) is 7.37. The van der Waals surface area contributed by atoms with Crippen LogP contribution in [0.5, 0.6) is 0 Å². The van der Waals surface area contributed by atoms with Gasteiger partial charge in [-0.1, -0.05) is 44.0 Å². The van der Waals surface area contributed by atoms with Crippen molar-refractivity contribution in [2.75, 3.05) is 6.61 Å². The van der Waals surface area contributed by atoms with Crippen molar-refractivity contribution in [1.29, 1.82) is 0 Å². The van der Waals surface area contributed by atoms with Gasteiger partial charge >= 0.3 is 6.16 Å². The fraction of sp³-hybridized carbons (Fsp3) is 0.471. The van der Waals surface area contributed by atoms with Crippen LogP contribution >= 0.6 is 0 Å². The van der Waals surface area contributed by atoms with Crippen molar-refractivity contribution < 1.29 is 14.3 Å². The molecule has 1 heterocycles. The Morgan fingerprint density at radius 2 is 1.70 bits per heavy atom. The van der Waals surface area contributed by atoms with Gasteiger partial charge in [-0.05, 0) is 36.8 Å². The smallest absolute Gasteiger partial charge is 0.429 e. The van der Waals surface area contributed by atoms with E-state index in [0.29, 0.717) is 6.61 Å². The summed E-state index contributed by atoms with van der Waals surface area (Å²) in [6, 6.07) is 8.82. The van der Waals surface area contributed by atoms with Gasteiger partial charge in [0, 0.05) is 5.57 Å². The van der Waals surface area contributed by atoms with Crippen LogP contribution in [0.2, 0.25) is 0 Å². The molecule has 3 heteroatoms. The van der Waals surface area contributed by atoms with Gasteiger partial charge < -0.3 is 9.47 Å². The van der Waals surface area contributed by atoms with E-state index >= 15 is 0 Å². The lowest BCUT2D eigenvalue weighted by Crippen LogP contribution is -2.13. The molecule has 0 bridgehead atoms. The van der Waals surface area contributed by atoms with Gasteiger partial charge in [-0.3, -0.25) is 0 Å². The van der Waals surface area contributed by atoms with Crippen LogP contribution < -0.4 is 0 Å². The molecule has 108 valence electrons. The number of hydrogen-bond donors (Lipinski definition) is 0. The molecule has 0 aromatic heterocycles. The number of carbonyl (C=O) groups is 1. The van der Waals surface area contributed by atoms with Gasteiger partial charge in [0.1, 0.15) is 12.9 Å². The van der Waals surface area contributed by atoms with Crippen molar-refractivity contribution in [1.82, 2.24) is 0 Å². The average Bonchev–Trinajstić information content (AvgIpc) is 2.48. The van der Waals surface area contributed by atoms with Crippen LogP contribution in [0.1, 0.15) is 43.7 Å². The Hall–Kier alpha value is -1.77. The minimum Gasteiger partial charge on any atom is -0.429 e. The van der Waals surface area contributed by atoms with Gasteiger partial charge in [0.05, 0.1) is 0 Å². The number of cyclic esters (lactones) is 2. The third-order valence-electron chi connectivity index (χ3n) is 3.52. The zero-order chi connectivity index (χ0) is 14.2. The quantitative estimate of drug-likeness (QED) is 0.546. The maximum atomic E-state index is 10.7. The number of benzene rings is 1. The highest BCUT2D eigenvalue weighted by molar-refractivity contribution is 5.62. The first kappa shape index (κ1) is 14.6. The lowest BCUT2D eigenvalue weighted by molar-refractivity contribution is 0.0779. The summed E-state index contributed by atoms with van der Waals surface area (Å²) in [6.07, 6.45) is 7.73. The SMILES string of the molecule is CCCCCc1ccc(CCC2=COC(=O)OC2)cc1. The second kappa shape index (κ2) is 7.73. The highest BCUT2D eigenvalue weighted by Crippen LogP contribution is 2.15. The predicted molar refractivity (Wildman–Crippen MR) is 78.5 cm³/mol. The van der Waals surface area contributed by atoms with Crippen molar-refractivity contribution in [2.45, 2.75) is 45.4 Å². The number of aryl methyl sites for hydroxylation is 2. The van der Waals surface area contributed by atoms with Gasteiger partial charge in [-0.15, -0.1) is 0 Å². The van der Waals surface area contributed by atoms with E-state index in [4.69, 9.17) is 9.47 Å². The van der Waals surface area contributed by atoms with Crippen LogP contribution in [0.15, 0.2) is 36.1 Å². The zero-order valence-corrected chi connectivity index (χ0v) is 12.1. The average molecular weight is 274 g/mol. The van der Waals surface area contributed by atoms with E-state index in [1.54, 1.807) is 0 Å². The molecule has 0 saturated carbocycles. The molecular formula is C17H22O3. The van der Waals surface area contributed by atoms with Gasteiger partial charge in [0.15, 0.2) is 0 Å². The summed E-state index contributed by atoms with van der Waals surface area (Å²) < 4.78 is 9.55. The molecule has 0 N–H and O–H groups in total. The van der Waals surface area contributed by atoms with Crippen LogP contribution in [-0.4, -0.2) is 12.8 Å². The van der Waals surface area contributed by atoms with E-state index in [-0.39, 0.29) is 0 Å². The van der Waals surface area contributed by atoms with Crippen LogP contribution in [0.25, 0.3) is 0 Å². The monoisotopic (exact) mass is 274 g/mol. The first-order valence-corrected chi connectivity index (χ1v) is 7.37. The lowest BCUT2D eigenvalue weighted by Gasteiger charge is -2.13. The summed E-state index contributed by atoms with van der Waals surface area (Å²) in [4.78, 5) is 10.7. The van der Waals surface area contributed by atoms with E-state index in [9.17, 15) is 4.79 Å². The van der Waals surface area contributed by atoms with Crippen LogP contribution in [0.4, 0.5) is 4.79 Å². The molecule has 0 spiro atoms. The second-order valence-corrected chi connectivity index (χ2v) is 5.21. The Kier molecular flexibility index (Phi) is 5.66. The van der Waals surface area contributed by atoms with Crippen molar-refractivity contribution in [3.8, 4) is 0 Å². The molecule has 1 aliphatic rings. The standard InChI is InChI=1S/C17H22O3/c1-2-3-4-5-14-6-8-15(9-7-14)10-11-16-12-19-17(18)20-13-16/h6-9,12H,2-5,10-11,13H2,1H3. The Balaban J connectivity index is 1.77. The zero-order valence-electron chi connectivity index (χ0n) is 12.1. The van der Waals surface area contributed by atoms with Gasteiger partial charge in [0.2, 0.25) is 0 Å². The second-order valence-electron chi connectivity index (χ2n) is 5.21. The van der Waals surface area contributed by atoms with Gasteiger partial charge in [0.25, 0.3) is 0 Å². The highest BCUT2D eigenvalue weighted by atomic mass is 16.7. The number of unbranched alkanes of at least 4 members (excludes halogenated alkanes) is 2. The Labute approximate surface area is 120 Å². The Bertz CT molecular complexity index is 460. The van der Waals surface area contributed by atoms with Crippen LogP contribution in [0, 0.1) is 0 Å². The first-order chi connectivity index (χ1) is 9.78. The molecular weight excluding hydrogens is 252 g/mol. The summed E-state index contributed by atoms with van der Waals surface area (Å²) in [5.41, 5.74) is 3.75. The maximum absolute atomic E-state index is 10.7. The van der Waals surface area contributed by atoms with Crippen molar-refractivity contribution >= 4 is 6.16 Å². The lowest BCUT2D eigenvalue weighted by atomic mass is 10.0. The molecule has 2 rings (SSSR count). The van der Waals surface area contributed by atoms with E-state index < -0.39 is 6.16 Å². The molecule has 0 atom stereocenters. The fourth-order valence-corrected chi connectivity index (χ4v) is 2.24. The van der Waals surface area contributed by atoms with Gasteiger partial charge in [-0.2, -0.15) is 0 Å². The summed E-state index contributed by atoms with van der Waals surface area (Å²) in [6.45, 7) is 2.58. The van der Waals surface area contributed by atoms with E-state index in [1.807, 2.05) is 0 Å². The van der Waals surface area contributed by atoms with E-state index in [2.05, 4.69) is 31.2 Å². The molecule has 1 aromatic rings. The normalized spacial score (nSPS) is 14.4. The summed E-state index contributed by atoms with van der Waals surface area (Å²) in [7, 11) is 0. The molecule has 1 aliphatic heterocycles. The van der Waals surface area contributed by atoms with Gasteiger partial charge in [-0.25, -0.2) is 4.79 Å². The summed E-state index contributed by atoms with van der Waals surface area (Å²) in [5, 5.41) is 0. The molecule has 3 nitrogen and oxygen atoms in total. The fourth-order valence-electron chi connectivity index (χ4n) is 2.24. The predicted octanol–water partition coefficient (Wildman–Crippen LogP) is 4.40. The van der Waals surface area contributed by atoms with Crippen LogP contribution in [-0.2, 0) is 22.3 Å². The molecule has 20 heavy (non-hydrogen) atoms. The Morgan fingerprint density at radius 1 is 1.00 bits per heavy atom. The molecule has 0 radical (unpaired) electrons. The molecule has 1 aromatic carbocycles. The van der Waals surface area contributed by atoms with E-state index in [1.165, 1.54) is 43.1 Å². The maximum Gasteiger partial charge on any atom is 0.513 e. The number of hydrogen-bond acceptors (Lipinski definition) is 3. The third kappa shape index (κ3) is 4.72. The van der Waals surface area contributed by atoms with Crippen molar-refractivity contribution in [3.05, 3.63) is 47.2 Å². The molecule has 0 fully saturated rings. The minimum atomic E-state index is -0.606. The van der Waals surface area contributed by atoms with Crippen LogP contribution in [0.3, 0.4) is 0 Å². The Morgan fingerprint density at radius 3 is 2.30 bits per heavy atom. The summed E-state index contributed by atoms with van der Waals surface area (Å²) in [5.74, 6) is 0. The highest BCUT2D eigenvalue weighted by Gasteiger charge is 2.12. The number of carbonyl (C=O) groups excluding carboxylic acids is 1. The molecule has 0 aliphatic carbocycles. The molecule has 0 saturated heterocycles. The number of ether oxygens (including phenoxy) is 2.